The van der Waals surface area contributed by atoms with Gasteiger partial charge >= 0.3 is 0 Å². The van der Waals surface area contributed by atoms with E-state index in [2.05, 4.69) is 17.6 Å². The van der Waals surface area contributed by atoms with Gasteiger partial charge in [0.15, 0.2) is 5.11 Å². The molecule has 0 spiro atoms. The lowest BCUT2D eigenvalue weighted by Crippen LogP contribution is -2.34. The molecule has 2 aromatic rings. The highest BCUT2D eigenvalue weighted by Crippen LogP contribution is 2.16. The van der Waals surface area contributed by atoms with Crippen LogP contribution in [0, 0.1) is 6.92 Å². The zero-order chi connectivity index (χ0) is 19.5. The zero-order valence-corrected chi connectivity index (χ0v) is 16.9. The fourth-order valence-electron chi connectivity index (χ4n) is 2.65. The van der Waals surface area contributed by atoms with Crippen LogP contribution in [0.5, 0.6) is 5.75 Å². The Bertz CT molecular complexity index is 744. The summed E-state index contributed by atoms with van der Waals surface area (Å²) in [6.07, 6.45) is 6.11. The summed E-state index contributed by atoms with van der Waals surface area (Å²) in [5.41, 5.74) is 2.42. The average molecular weight is 385 g/mol. The molecule has 0 atom stereocenters. The lowest BCUT2D eigenvalue weighted by atomic mass is 10.1. The Morgan fingerprint density at radius 2 is 1.78 bits per heavy atom. The van der Waals surface area contributed by atoms with Crippen LogP contribution in [0.25, 0.3) is 0 Å². The fraction of sp³-hybridized carbons (Fsp3) is 0.364. The maximum absolute atomic E-state index is 12.2. The first-order valence-corrected chi connectivity index (χ1v) is 9.91. The van der Waals surface area contributed by atoms with Crippen molar-refractivity contribution in [3.63, 3.8) is 0 Å². The molecule has 0 fully saturated rings. The summed E-state index contributed by atoms with van der Waals surface area (Å²) < 4.78 is 5.75. The van der Waals surface area contributed by atoms with Crippen molar-refractivity contribution in [2.45, 2.75) is 46.0 Å². The molecule has 2 rings (SSSR count). The first-order chi connectivity index (χ1) is 13.1. The van der Waals surface area contributed by atoms with Crippen LogP contribution in [0.1, 0.15) is 54.9 Å². The fourth-order valence-corrected chi connectivity index (χ4v) is 2.86. The van der Waals surface area contributed by atoms with Gasteiger partial charge in [0, 0.05) is 11.3 Å². The van der Waals surface area contributed by atoms with Crippen molar-refractivity contribution in [3.8, 4) is 5.75 Å². The van der Waals surface area contributed by atoms with E-state index in [-0.39, 0.29) is 11.0 Å². The highest BCUT2D eigenvalue weighted by Gasteiger charge is 2.08. The number of benzene rings is 2. The van der Waals surface area contributed by atoms with E-state index in [1.807, 2.05) is 49.4 Å². The minimum absolute atomic E-state index is 0.223. The zero-order valence-electron chi connectivity index (χ0n) is 16.1. The molecule has 2 aromatic carbocycles. The highest BCUT2D eigenvalue weighted by molar-refractivity contribution is 7.80. The third-order valence-corrected chi connectivity index (χ3v) is 4.34. The van der Waals surface area contributed by atoms with Gasteiger partial charge in [0.25, 0.3) is 5.91 Å². The SMILES string of the molecule is CCCCCCCOc1ccc(NC(=S)NC(=O)c2cccc(C)c2)cc1. The average Bonchev–Trinajstić information content (AvgIpc) is 2.66. The summed E-state index contributed by atoms with van der Waals surface area (Å²) in [5.74, 6) is 0.616. The van der Waals surface area contributed by atoms with Crippen LogP contribution in [-0.4, -0.2) is 17.6 Å². The highest BCUT2D eigenvalue weighted by atomic mass is 32.1. The predicted molar refractivity (Wildman–Crippen MR) is 116 cm³/mol. The number of hydrogen-bond acceptors (Lipinski definition) is 3. The second-order valence-corrected chi connectivity index (χ2v) is 6.97. The largest absolute Gasteiger partial charge is 0.494 e. The van der Waals surface area contributed by atoms with E-state index in [1.54, 1.807) is 6.07 Å². The quantitative estimate of drug-likeness (QED) is 0.444. The van der Waals surface area contributed by atoms with Crippen molar-refractivity contribution >= 4 is 28.9 Å². The summed E-state index contributed by atoms with van der Waals surface area (Å²) in [4.78, 5) is 12.2. The van der Waals surface area contributed by atoms with Crippen LogP contribution in [0.2, 0.25) is 0 Å². The Hall–Kier alpha value is -2.40. The third-order valence-electron chi connectivity index (χ3n) is 4.14. The summed E-state index contributed by atoms with van der Waals surface area (Å²) in [7, 11) is 0. The van der Waals surface area contributed by atoms with Gasteiger partial charge in [-0.25, -0.2) is 0 Å². The summed E-state index contributed by atoms with van der Waals surface area (Å²) in [6, 6.07) is 15.0. The van der Waals surface area contributed by atoms with Crippen LogP contribution >= 0.6 is 12.2 Å². The molecule has 0 aromatic heterocycles. The molecule has 0 bridgehead atoms. The molecule has 0 unspecified atom stereocenters. The van der Waals surface area contributed by atoms with Crippen molar-refractivity contribution in [2.75, 3.05) is 11.9 Å². The van der Waals surface area contributed by atoms with Gasteiger partial charge in [0.2, 0.25) is 0 Å². The Labute approximate surface area is 167 Å². The first-order valence-electron chi connectivity index (χ1n) is 9.50. The minimum Gasteiger partial charge on any atom is -0.494 e. The van der Waals surface area contributed by atoms with E-state index in [9.17, 15) is 4.79 Å². The van der Waals surface area contributed by atoms with Crippen LogP contribution in [0.4, 0.5) is 5.69 Å². The molecule has 0 aliphatic carbocycles. The number of unbranched alkanes of at least 4 members (excludes halogenated alkanes) is 4. The Morgan fingerprint density at radius 1 is 1.04 bits per heavy atom. The molecule has 4 nitrogen and oxygen atoms in total. The molecule has 0 aliphatic rings. The maximum atomic E-state index is 12.2. The summed E-state index contributed by atoms with van der Waals surface area (Å²) in [5, 5.41) is 5.98. The van der Waals surface area contributed by atoms with Crippen LogP contribution < -0.4 is 15.4 Å². The Balaban J connectivity index is 1.75. The van der Waals surface area contributed by atoms with E-state index < -0.39 is 0 Å². The number of hydrogen-bond donors (Lipinski definition) is 2. The molecule has 1 amide bonds. The van der Waals surface area contributed by atoms with Gasteiger partial charge in [0.1, 0.15) is 5.75 Å². The van der Waals surface area contributed by atoms with Crippen LogP contribution in [0.15, 0.2) is 48.5 Å². The number of thiocarbonyl (C=S) groups is 1. The molecule has 0 saturated carbocycles. The van der Waals surface area contributed by atoms with Crippen LogP contribution in [-0.2, 0) is 0 Å². The van der Waals surface area contributed by atoms with Crippen molar-refractivity contribution in [3.05, 3.63) is 59.7 Å². The molecule has 5 heteroatoms. The molecule has 144 valence electrons. The third kappa shape index (κ3) is 7.79. The molecule has 2 N–H and O–H groups in total. The van der Waals surface area contributed by atoms with Crippen molar-refractivity contribution in [1.82, 2.24) is 5.32 Å². The van der Waals surface area contributed by atoms with Gasteiger partial charge in [-0.1, -0.05) is 50.3 Å². The van der Waals surface area contributed by atoms with Gasteiger partial charge in [-0.15, -0.1) is 0 Å². The molecule has 0 saturated heterocycles. The molecular formula is C22H28N2O2S. The normalized spacial score (nSPS) is 10.3. The second kappa shape index (κ2) is 11.3. The monoisotopic (exact) mass is 384 g/mol. The number of nitrogens with one attached hydrogen (secondary N) is 2. The van der Waals surface area contributed by atoms with Crippen molar-refractivity contribution < 1.29 is 9.53 Å². The first kappa shape index (κ1) is 20.9. The maximum Gasteiger partial charge on any atom is 0.257 e. The molecule has 0 radical (unpaired) electrons. The Kier molecular flexibility index (Phi) is 8.78. The Morgan fingerprint density at radius 3 is 2.48 bits per heavy atom. The second-order valence-electron chi connectivity index (χ2n) is 6.56. The van der Waals surface area contributed by atoms with Gasteiger partial charge < -0.3 is 10.1 Å². The molecule has 0 aliphatic heterocycles. The van der Waals surface area contributed by atoms with E-state index in [0.29, 0.717) is 5.56 Å². The van der Waals surface area contributed by atoms with Crippen molar-refractivity contribution in [2.24, 2.45) is 0 Å². The van der Waals surface area contributed by atoms with E-state index in [4.69, 9.17) is 17.0 Å². The standard InChI is InChI=1S/C22H28N2O2S/c1-3-4-5-6-7-15-26-20-13-11-19(12-14-20)23-22(27)24-21(25)18-10-8-9-17(2)16-18/h8-14,16H,3-7,15H2,1-2H3,(H2,23,24,25,27). The van der Waals surface area contributed by atoms with E-state index in [1.165, 1.54) is 25.7 Å². The minimum atomic E-state index is -0.223. The van der Waals surface area contributed by atoms with Gasteiger partial charge in [-0.2, -0.15) is 0 Å². The summed E-state index contributed by atoms with van der Waals surface area (Å²) in [6.45, 7) is 4.90. The molecule has 0 heterocycles. The number of amides is 1. The van der Waals surface area contributed by atoms with Crippen LogP contribution in [0.3, 0.4) is 0 Å². The molecule has 27 heavy (non-hydrogen) atoms. The number of ether oxygens (including phenoxy) is 1. The van der Waals surface area contributed by atoms with Gasteiger partial charge in [0.05, 0.1) is 6.61 Å². The van der Waals surface area contributed by atoms with Gasteiger partial charge in [-0.05, 0) is 62.0 Å². The number of aryl methyl sites for hydroxylation is 1. The lowest BCUT2D eigenvalue weighted by molar-refractivity contribution is 0.0977. The van der Waals surface area contributed by atoms with E-state index in [0.717, 1.165) is 30.0 Å². The van der Waals surface area contributed by atoms with Gasteiger partial charge in [-0.3, -0.25) is 10.1 Å². The smallest absolute Gasteiger partial charge is 0.257 e. The number of anilines is 1. The summed E-state index contributed by atoms with van der Waals surface area (Å²) >= 11 is 5.22. The predicted octanol–water partition coefficient (Wildman–Crippen LogP) is 5.47. The topological polar surface area (TPSA) is 50.4 Å². The number of carbonyl (C=O) groups excluding carboxylic acids is 1. The van der Waals surface area contributed by atoms with Crippen molar-refractivity contribution in [1.29, 1.82) is 0 Å². The number of rotatable bonds is 9. The van der Waals surface area contributed by atoms with E-state index >= 15 is 0 Å². The lowest BCUT2D eigenvalue weighted by Gasteiger charge is -2.11. The number of carbonyl (C=O) groups is 1. The molecular weight excluding hydrogens is 356 g/mol.